The van der Waals surface area contributed by atoms with E-state index in [-0.39, 0.29) is 0 Å². The molecule has 0 radical (unpaired) electrons. The summed E-state index contributed by atoms with van der Waals surface area (Å²) in [5.74, 6) is 1.06. The van der Waals surface area contributed by atoms with Crippen LogP contribution in [0.15, 0.2) is 24.3 Å². The second kappa shape index (κ2) is 4.35. The fraction of sp³-hybridized carbons (Fsp3) is 0.222. The van der Waals surface area contributed by atoms with E-state index in [1.807, 2.05) is 29.4 Å². The Morgan fingerprint density at radius 2 is 2.23 bits per heavy atom. The average molecular weight is 181 g/mol. The molecule has 0 heterocycles. The Kier molecular flexibility index (Phi) is 3.14. The zero-order valence-electron chi connectivity index (χ0n) is 7.45. The molecule has 4 N–H and O–H groups in total. The quantitative estimate of drug-likeness (QED) is 0.244. The van der Waals surface area contributed by atoms with E-state index in [4.69, 9.17) is 15.7 Å². The van der Waals surface area contributed by atoms with Crippen LogP contribution in [0.2, 0.25) is 0 Å². The van der Waals surface area contributed by atoms with Gasteiger partial charge in [-0.1, -0.05) is 23.4 Å². The first-order chi connectivity index (χ1) is 6.27. The predicted octanol–water partition coefficient (Wildman–Crippen LogP) is -0.935. The maximum absolute atomic E-state index is 8.51. The van der Waals surface area contributed by atoms with Crippen molar-refractivity contribution in [3.8, 4) is 5.75 Å². The van der Waals surface area contributed by atoms with Gasteiger partial charge in [0, 0.05) is 5.56 Å². The second-order valence-electron chi connectivity index (χ2n) is 2.63. The number of rotatable bonds is 3. The van der Waals surface area contributed by atoms with Crippen molar-refractivity contribution in [1.29, 1.82) is 0 Å². The summed E-state index contributed by atoms with van der Waals surface area (Å²) in [6.45, 7) is 0. The lowest BCUT2D eigenvalue weighted by Crippen LogP contribution is -2.72. The van der Waals surface area contributed by atoms with Gasteiger partial charge in [0.15, 0.2) is 0 Å². The van der Waals surface area contributed by atoms with Gasteiger partial charge < -0.3 is 9.94 Å². The van der Waals surface area contributed by atoms with Gasteiger partial charge in [0.25, 0.3) is 5.84 Å². The van der Waals surface area contributed by atoms with E-state index in [0.717, 1.165) is 11.3 Å². The Hall–Kier alpha value is -1.71. The molecule has 0 bridgehead atoms. The molecule has 0 spiro atoms. The van der Waals surface area contributed by atoms with E-state index in [1.54, 1.807) is 7.11 Å². The maximum Gasteiger partial charge on any atom is 0.283 e. The first-order valence-electron chi connectivity index (χ1n) is 3.91. The third-order valence-electron chi connectivity index (χ3n) is 1.72. The molecule has 4 heteroatoms. The molecule has 70 valence electrons. The summed E-state index contributed by atoms with van der Waals surface area (Å²) in [6, 6.07) is 7.51. The summed E-state index contributed by atoms with van der Waals surface area (Å²) in [4.78, 5) is 0. The van der Waals surface area contributed by atoms with Crippen molar-refractivity contribution in [2.24, 2.45) is 5.73 Å². The second-order valence-corrected chi connectivity index (χ2v) is 2.63. The van der Waals surface area contributed by atoms with Gasteiger partial charge in [-0.05, 0) is 6.07 Å². The van der Waals surface area contributed by atoms with Crippen molar-refractivity contribution >= 4 is 5.84 Å². The highest BCUT2D eigenvalue weighted by molar-refractivity contribution is 5.77. The number of benzene rings is 1. The van der Waals surface area contributed by atoms with E-state index in [2.05, 4.69) is 0 Å². The van der Waals surface area contributed by atoms with E-state index in [1.165, 1.54) is 0 Å². The van der Waals surface area contributed by atoms with Crippen LogP contribution < -0.4 is 15.6 Å². The standard InChI is InChI=1S/C9H12N2O2/c1-13-8-5-3-2-4-7(8)6-9(10)11-12/h2-5,12H,6H2,1H3,(H2,10,11)/p+1. The summed E-state index contributed by atoms with van der Waals surface area (Å²) in [5.41, 5.74) is 6.36. The van der Waals surface area contributed by atoms with Crippen LogP contribution in [-0.2, 0) is 6.42 Å². The molecule has 1 rings (SSSR count). The molecule has 4 nitrogen and oxygen atoms in total. The molecule has 0 saturated heterocycles. The zero-order chi connectivity index (χ0) is 9.68. The SMILES string of the molecule is COc1ccccc1CC(N)=[NH+]O. The Balaban J connectivity index is 2.87. The van der Waals surface area contributed by atoms with Gasteiger partial charge in [-0.25, -0.2) is 0 Å². The number of nitrogens with one attached hydrogen (secondary N) is 1. The van der Waals surface area contributed by atoms with Crippen molar-refractivity contribution in [3.63, 3.8) is 0 Å². The van der Waals surface area contributed by atoms with Gasteiger partial charge >= 0.3 is 0 Å². The summed E-state index contributed by atoms with van der Waals surface area (Å²) in [5, 5.41) is 10.4. The first kappa shape index (κ1) is 9.38. The minimum absolute atomic E-state index is 0.296. The number of nitrogens with two attached hydrogens (primary N) is 1. The third kappa shape index (κ3) is 2.37. The van der Waals surface area contributed by atoms with Gasteiger partial charge in [-0.2, -0.15) is 0 Å². The summed E-state index contributed by atoms with van der Waals surface area (Å²) in [7, 11) is 1.60. The molecule has 1 aromatic rings. The fourth-order valence-electron chi connectivity index (χ4n) is 1.09. The van der Waals surface area contributed by atoms with E-state index in [0.29, 0.717) is 12.3 Å². The third-order valence-corrected chi connectivity index (χ3v) is 1.72. The molecule has 0 aliphatic carbocycles. The number of amidine groups is 1. The van der Waals surface area contributed by atoms with Gasteiger partial charge in [0.2, 0.25) is 0 Å². The van der Waals surface area contributed by atoms with Crippen LogP contribution >= 0.6 is 0 Å². The summed E-state index contributed by atoms with van der Waals surface area (Å²) in [6.07, 6.45) is 0.445. The molecule has 0 unspecified atom stereocenters. The smallest absolute Gasteiger partial charge is 0.283 e. The lowest BCUT2D eigenvalue weighted by Gasteiger charge is -2.04. The molecular weight excluding hydrogens is 168 g/mol. The van der Waals surface area contributed by atoms with Crippen molar-refractivity contribution in [1.82, 2.24) is 0 Å². The van der Waals surface area contributed by atoms with Crippen molar-refractivity contribution in [2.45, 2.75) is 6.42 Å². The molecule has 0 amide bonds. The van der Waals surface area contributed by atoms with Crippen LogP contribution in [0.3, 0.4) is 0 Å². The topological polar surface area (TPSA) is 69.5 Å². The van der Waals surface area contributed by atoms with Crippen molar-refractivity contribution in [3.05, 3.63) is 29.8 Å². The summed E-state index contributed by atoms with van der Waals surface area (Å²) < 4.78 is 5.11. The molecular formula is C9H13N2O2+. The highest BCUT2D eigenvalue weighted by Crippen LogP contribution is 2.16. The zero-order valence-corrected chi connectivity index (χ0v) is 7.45. The molecule has 1 aromatic carbocycles. The number of ether oxygens (including phenoxy) is 1. The Bertz CT molecular complexity index is 310. The van der Waals surface area contributed by atoms with E-state index < -0.39 is 0 Å². The fourth-order valence-corrected chi connectivity index (χ4v) is 1.09. The molecule has 0 saturated carbocycles. The minimum atomic E-state index is 0.296. The Labute approximate surface area is 76.6 Å². The van der Waals surface area contributed by atoms with Gasteiger partial charge in [0.05, 0.1) is 13.5 Å². The molecule has 0 atom stereocenters. The lowest BCUT2D eigenvalue weighted by atomic mass is 10.1. The van der Waals surface area contributed by atoms with Crippen LogP contribution in [0, 0.1) is 0 Å². The number of hydrogen-bond acceptors (Lipinski definition) is 2. The first-order valence-corrected chi connectivity index (χ1v) is 3.91. The molecule has 0 aliphatic rings. The largest absolute Gasteiger partial charge is 0.496 e. The van der Waals surface area contributed by atoms with Crippen LogP contribution in [0.5, 0.6) is 5.75 Å². The molecule has 0 fully saturated rings. The van der Waals surface area contributed by atoms with Crippen LogP contribution in [-0.4, -0.2) is 18.2 Å². The van der Waals surface area contributed by atoms with Crippen molar-refractivity contribution in [2.75, 3.05) is 7.11 Å². The van der Waals surface area contributed by atoms with Crippen LogP contribution in [0.4, 0.5) is 0 Å². The van der Waals surface area contributed by atoms with Gasteiger partial charge in [-0.3, -0.25) is 5.73 Å². The monoisotopic (exact) mass is 181 g/mol. The number of para-hydroxylation sites is 1. The van der Waals surface area contributed by atoms with E-state index in [9.17, 15) is 0 Å². The minimum Gasteiger partial charge on any atom is -0.496 e. The maximum atomic E-state index is 8.51. The van der Waals surface area contributed by atoms with E-state index >= 15 is 0 Å². The molecule has 0 aliphatic heterocycles. The van der Waals surface area contributed by atoms with Gasteiger partial charge in [-0.15, -0.1) is 0 Å². The lowest BCUT2D eigenvalue weighted by molar-refractivity contribution is -0.738. The number of methoxy groups -OCH3 is 1. The van der Waals surface area contributed by atoms with Gasteiger partial charge in [0.1, 0.15) is 5.75 Å². The Morgan fingerprint density at radius 3 is 2.85 bits per heavy atom. The van der Waals surface area contributed by atoms with Crippen LogP contribution in [0.1, 0.15) is 5.56 Å². The summed E-state index contributed by atoms with van der Waals surface area (Å²) >= 11 is 0. The van der Waals surface area contributed by atoms with Crippen LogP contribution in [0.25, 0.3) is 0 Å². The Morgan fingerprint density at radius 1 is 1.54 bits per heavy atom. The average Bonchev–Trinajstić information content (AvgIpc) is 2.18. The highest BCUT2D eigenvalue weighted by Gasteiger charge is 2.06. The normalized spacial score (nSPS) is 11.3. The highest BCUT2D eigenvalue weighted by atomic mass is 16.5. The number of hydrogen-bond donors (Lipinski definition) is 3. The molecule has 0 aromatic heterocycles. The van der Waals surface area contributed by atoms with Crippen molar-refractivity contribution < 1.29 is 15.1 Å². The predicted molar refractivity (Wildman–Crippen MR) is 48.6 cm³/mol. The molecule has 13 heavy (non-hydrogen) atoms.